The van der Waals surface area contributed by atoms with Gasteiger partial charge in [-0.15, -0.1) is 0 Å². The first-order valence-electron chi connectivity index (χ1n) is 10.00. The normalized spacial score (nSPS) is 14.4. The zero-order chi connectivity index (χ0) is 21.5. The van der Waals surface area contributed by atoms with Crippen molar-refractivity contribution in [1.29, 1.82) is 0 Å². The van der Waals surface area contributed by atoms with Crippen LogP contribution in [0.3, 0.4) is 0 Å². The third kappa shape index (κ3) is 5.57. The molecule has 0 aliphatic carbocycles. The Morgan fingerprint density at radius 1 is 0.933 bits per heavy atom. The molecular formula is C23H27FN2O4. The van der Waals surface area contributed by atoms with Crippen molar-refractivity contribution in [2.24, 2.45) is 0 Å². The van der Waals surface area contributed by atoms with Gasteiger partial charge in [0, 0.05) is 56.7 Å². The summed E-state index contributed by atoms with van der Waals surface area (Å²) in [6, 6.07) is 11.1. The minimum Gasteiger partial charge on any atom is -0.497 e. The van der Waals surface area contributed by atoms with Crippen molar-refractivity contribution in [1.82, 2.24) is 9.80 Å². The van der Waals surface area contributed by atoms with Crippen LogP contribution in [0.4, 0.5) is 4.39 Å². The molecular weight excluding hydrogens is 387 g/mol. The van der Waals surface area contributed by atoms with E-state index in [2.05, 4.69) is 4.90 Å². The maximum absolute atomic E-state index is 13.0. The number of ketones is 1. The van der Waals surface area contributed by atoms with E-state index in [9.17, 15) is 14.0 Å². The third-order valence-electron chi connectivity index (χ3n) is 5.34. The van der Waals surface area contributed by atoms with E-state index >= 15 is 0 Å². The highest BCUT2D eigenvalue weighted by Gasteiger charge is 2.22. The molecule has 0 aromatic heterocycles. The van der Waals surface area contributed by atoms with Crippen molar-refractivity contribution in [2.75, 3.05) is 40.4 Å². The highest BCUT2D eigenvalue weighted by Crippen LogP contribution is 2.25. The number of ether oxygens (including phenoxy) is 2. The highest BCUT2D eigenvalue weighted by molar-refractivity contribution is 5.97. The van der Waals surface area contributed by atoms with Gasteiger partial charge in [0.25, 0.3) is 0 Å². The zero-order valence-corrected chi connectivity index (χ0v) is 17.4. The van der Waals surface area contributed by atoms with Crippen molar-refractivity contribution < 1.29 is 23.5 Å². The Balaban J connectivity index is 1.47. The smallest absolute Gasteiger partial charge is 0.223 e. The second-order valence-electron chi connectivity index (χ2n) is 7.26. The fraction of sp³-hybridized carbons (Fsp3) is 0.391. The summed E-state index contributed by atoms with van der Waals surface area (Å²) in [5.41, 5.74) is 1.47. The van der Waals surface area contributed by atoms with Crippen LogP contribution >= 0.6 is 0 Å². The molecule has 7 heteroatoms. The summed E-state index contributed by atoms with van der Waals surface area (Å²) in [5.74, 6) is 1.04. The molecule has 30 heavy (non-hydrogen) atoms. The van der Waals surface area contributed by atoms with E-state index in [4.69, 9.17) is 9.47 Å². The van der Waals surface area contributed by atoms with Crippen LogP contribution in [-0.4, -0.2) is 61.9 Å². The van der Waals surface area contributed by atoms with Gasteiger partial charge in [-0.05, 0) is 42.5 Å². The molecule has 1 amide bonds. The maximum atomic E-state index is 13.0. The van der Waals surface area contributed by atoms with Gasteiger partial charge in [-0.1, -0.05) is 0 Å². The molecule has 0 atom stereocenters. The molecule has 2 aromatic carbocycles. The van der Waals surface area contributed by atoms with Gasteiger partial charge >= 0.3 is 0 Å². The lowest BCUT2D eigenvalue weighted by Gasteiger charge is -2.35. The Morgan fingerprint density at radius 2 is 1.63 bits per heavy atom. The first-order valence-corrected chi connectivity index (χ1v) is 10.00. The lowest BCUT2D eigenvalue weighted by molar-refractivity contribution is -0.133. The van der Waals surface area contributed by atoms with Crippen LogP contribution in [0.25, 0.3) is 0 Å². The number of Topliss-reactive ketones (excluding diaryl/α,β-unsaturated/α-hetero) is 1. The molecule has 160 valence electrons. The van der Waals surface area contributed by atoms with Crippen LogP contribution in [-0.2, 0) is 11.3 Å². The van der Waals surface area contributed by atoms with E-state index in [0.717, 1.165) is 30.2 Å². The molecule has 1 heterocycles. The average molecular weight is 414 g/mol. The van der Waals surface area contributed by atoms with E-state index in [0.29, 0.717) is 25.2 Å². The van der Waals surface area contributed by atoms with Crippen molar-refractivity contribution >= 4 is 11.7 Å². The van der Waals surface area contributed by atoms with Crippen LogP contribution < -0.4 is 9.47 Å². The SMILES string of the molecule is COc1ccc(OC)c(CN2CCN(C(=O)CCC(=O)c3ccc(F)cc3)CC2)c1. The lowest BCUT2D eigenvalue weighted by Crippen LogP contribution is -2.48. The van der Waals surface area contributed by atoms with E-state index in [1.54, 1.807) is 19.1 Å². The molecule has 1 aliphatic heterocycles. The van der Waals surface area contributed by atoms with E-state index in [-0.39, 0.29) is 30.3 Å². The molecule has 2 aromatic rings. The quantitative estimate of drug-likeness (QED) is 0.621. The maximum Gasteiger partial charge on any atom is 0.223 e. The number of piperazine rings is 1. The lowest BCUT2D eigenvalue weighted by atomic mass is 10.1. The topological polar surface area (TPSA) is 59.1 Å². The third-order valence-corrected chi connectivity index (χ3v) is 5.34. The van der Waals surface area contributed by atoms with Crippen LogP contribution in [0.2, 0.25) is 0 Å². The summed E-state index contributed by atoms with van der Waals surface area (Å²) in [4.78, 5) is 28.8. The predicted octanol–water partition coefficient (Wildman–Crippen LogP) is 3.15. The molecule has 0 spiro atoms. The standard InChI is InChI=1S/C23H27FN2O4/c1-29-20-7-9-22(30-2)18(15-20)16-25-11-13-26(14-12-25)23(28)10-8-21(27)17-3-5-19(24)6-4-17/h3-7,9,15H,8,10-14,16H2,1-2H3. The zero-order valence-electron chi connectivity index (χ0n) is 17.4. The predicted molar refractivity (Wildman–Crippen MR) is 111 cm³/mol. The number of methoxy groups -OCH3 is 2. The Morgan fingerprint density at radius 3 is 2.27 bits per heavy atom. The van der Waals surface area contributed by atoms with Gasteiger partial charge in [0.2, 0.25) is 5.91 Å². The summed E-state index contributed by atoms with van der Waals surface area (Å²) < 4.78 is 23.7. The van der Waals surface area contributed by atoms with Crippen LogP contribution in [0.15, 0.2) is 42.5 Å². The molecule has 0 bridgehead atoms. The van der Waals surface area contributed by atoms with Gasteiger partial charge in [-0.2, -0.15) is 0 Å². The summed E-state index contributed by atoms with van der Waals surface area (Å²) in [5, 5.41) is 0. The second kappa shape index (κ2) is 10.2. The van der Waals surface area contributed by atoms with Gasteiger partial charge in [0.05, 0.1) is 14.2 Å². The van der Waals surface area contributed by atoms with E-state index in [1.165, 1.54) is 24.3 Å². The van der Waals surface area contributed by atoms with Gasteiger partial charge in [0.1, 0.15) is 17.3 Å². The monoisotopic (exact) mass is 414 g/mol. The number of hydrogen-bond donors (Lipinski definition) is 0. The molecule has 3 rings (SSSR count). The number of benzene rings is 2. The summed E-state index contributed by atoms with van der Waals surface area (Å²) in [6.07, 6.45) is 0.297. The number of hydrogen-bond acceptors (Lipinski definition) is 5. The highest BCUT2D eigenvalue weighted by atomic mass is 19.1. The minimum absolute atomic E-state index is 0.0240. The van der Waals surface area contributed by atoms with Crippen LogP contribution in [0.5, 0.6) is 11.5 Å². The second-order valence-corrected chi connectivity index (χ2v) is 7.26. The Bertz CT molecular complexity index is 877. The van der Waals surface area contributed by atoms with Gasteiger partial charge in [-0.25, -0.2) is 4.39 Å². The molecule has 0 N–H and O–H groups in total. The Hall–Kier alpha value is -2.93. The molecule has 0 radical (unpaired) electrons. The molecule has 6 nitrogen and oxygen atoms in total. The van der Waals surface area contributed by atoms with Crippen LogP contribution in [0.1, 0.15) is 28.8 Å². The van der Waals surface area contributed by atoms with Crippen molar-refractivity contribution in [3.05, 3.63) is 59.4 Å². The summed E-state index contributed by atoms with van der Waals surface area (Å²) in [7, 11) is 3.28. The number of rotatable bonds is 8. The minimum atomic E-state index is -0.382. The van der Waals surface area contributed by atoms with Crippen molar-refractivity contribution in [3.63, 3.8) is 0 Å². The molecule has 1 aliphatic rings. The van der Waals surface area contributed by atoms with Gasteiger partial charge in [-0.3, -0.25) is 14.5 Å². The Kier molecular flexibility index (Phi) is 7.41. The molecule has 0 saturated carbocycles. The number of carbonyl (C=O) groups is 2. The number of nitrogens with zero attached hydrogens (tertiary/aromatic N) is 2. The number of carbonyl (C=O) groups excluding carboxylic acids is 2. The fourth-order valence-corrected chi connectivity index (χ4v) is 3.56. The van der Waals surface area contributed by atoms with E-state index in [1.807, 2.05) is 18.2 Å². The van der Waals surface area contributed by atoms with E-state index < -0.39 is 0 Å². The first-order chi connectivity index (χ1) is 14.5. The molecule has 0 unspecified atom stereocenters. The van der Waals surface area contributed by atoms with Crippen molar-refractivity contribution in [3.8, 4) is 11.5 Å². The largest absolute Gasteiger partial charge is 0.497 e. The Labute approximate surface area is 176 Å². The number of amides is 1. The van der Waals surface area contributed by atoms with Crippen molar-refractivity contribution in [2.45, 2.75) is 19.4 Å². The van der Waals surface area contributed by atoms with Crippen LogP contribution in [0, 0.1) is 5.82 Å². The summed E-state index contributed by atoms with van der Waals surface area (Å²) >= 11 is 0. The first kappa shape index (κ1) is 21.8. The molecule has 1 saturated heterocycles. The van der Waals surface area contributed by atoms with Gasteiger partial charge < -0.3 is 14.4 Å². The van der Waals surface area contributed by atoms with Gasteiger partial charge in [0.15, 0.2) is 5.78 Å². The average Bonchev–Trinajstić information content (AvgIpc) is 2.78. The molecule has 1 fully saturated rings. The number of halogens is 1. The fourth-order valence-electron chi connectivity index (χ4n) is 3.56. The summed E-state index contributed by atoms with van der Waals surface area (Å²) in [6.45, 7) is 3.45.